The first-order chi connectivity index (χ1) is 7.59. The van der Waals surface area contributed by atoms with Crippen LogP contribution in [0.1, 0.15) is 6.92 Å². The Balaban J connectivity index is 2.23. The molecule has 0 fully saturated rings. The molecule has 1 amide bonds. The number of halogens is 1. The molecule has 88 valence electrons. The van der Waals surface area contributed by atoms with E-state index in [9.17, 15) is 4.79 Å². The van der Waals surface area contributed by atoms with Gasteiger partial charge in [-0.2, -0.15) is 0 Å². The zero-order valence-corrected chi connectivity index (χ0v) is 10.8. The Morgan fingerprint density at radius 1 is 1.50 bits per heavy atom. The van der Waals surface area contributed by atoms with Crippen molar-refractivity contribution >= 4 is 27.5 Å². The van der Waals surface area contributed by atoms with E-state index in [1.165, 1.54) is 0 Å². The third kappa shape index (κ3) is 4.63. The Hall–Kier alpha value is -1.07. The van der Waals surface area contributed by atoms with Crippen molar-refractivity contribution in [2.75, 3.05) is 18.4 Å². The molecular formula is C11H16BrN3O. The Bertz CT molecular complexity index is 355. The van der Waals surface area contributed by atoms with E-state index in [0.29, 0.717) is 13.1 Å². The number of carbonyl (C=O) groups excluding carboxylic acids is 1. The molecule has 0 aromatic heterocycles. The van der Waals surface area contributed by atoms with E-state index in [2.05, 4.69) is 26.6 Å². The number of rotatable bonds is 5. The van der Waals surface area contributed by atoms with Crippen LogP contribution in [0.2, 0.25) is 0 Å². The summed E-state index contributed by atoms with van der Waals surface area (Å²) >= 11 is 3.39. The average molecular weight is 286 g/mol. The van der Waals surface area contributed by atoms with Crippen molar-refractivity contribution in [1.29, 1.82) is 0 Å². The molecule has 1 aromatic rings. The van der Waals surface area contributed by atoms with Crippen molar-refractivity contribution in [1.82, 2.24) is 5.32 Å². The van der Waals surface area contributed by atoms with E-state index in [0.717, 1.165) is 10.2 Å². The SMILES string of the molecule is C[C@@H](N)C(=O)NCCNc1cccc(Br)c1. The fourth-order valence-corrected chi connectivity index (χ4v) is 1.55. The van der Waals surface area contributed by atoms with Crippen molar-refractivity contribution in [2.45, 2.75) is 13.0 Å². The highest BCUT2D eigenvalue weighted by molar-refractivity contribution is 9.10. The minimum Gasteiger partial charge on any atom is -0.383 e. The van der Waals surface area contributed by atoms with Gasteiger partial charge in [-0.25, -0.2) is 0 Å². The first-order valence-corrected chi connectivity index (χ1v) is 5.91. The Kier molecular flexibility index (Phi) is 5.28. The number of nitrogens with one attached hydrogen (secondary N) is 2. The van der Waals surface area contributed by atoms with Crippen molar-refractivity contribution in [3.05, 3.63) is 28.7 Å². The van der Waals surface area contributed by atoms with Crippen molar-refractivity contribution in [2.24, 2.45) is 5.73 Å². The van der Waals surface area contributed by atoms with Crippen molar-refractivity contribution in [3.63, 3.8) is 0 Å². The molecule has 0 aliphatic heterocycles. The smallest absolute Gasteiger partial charge is 0.236 e. The highest BCUT2D eigenvalue weighted by Gasteiger charge is 2.04. The molecule has 0 radical (unpaired) electrons. The average Bonchev–Trinajstić information content (AvgIpc) is 2.24. The molecule has 0 bridgehead atoms. The fraction of sp³-hybridized carbons (Fsp3) is 0.364. The van der Waals surface area contributed by atoms with Crippen LogP contribution >= 0.6 is 15.9 Å². The van der Waals surface area contributed by atoms with Gasteiger partial charge in [0.25, 0.3) is 0 Å². The van der Waals surface area contributed by atoms with Crippen LogP contribution in [0, 0.1) is 0 Å². The lowest BCUT2D eigenvalue weighted by molar-refractivity contribution is -0.121. The van der Waals surface area contributed by atoms with Gasteiger partial charge in [-0.15, -0.1) is 0 Å². The third-order valence-corrected chi connectivity index (χ3v) is 2.48. The monoisotopic (exact) mass is 285 g/mol. The minimum atomic E-state index is -0.453. The van der Waals surface area contributed by atoms with E-state index < -0.39 is 6.04 Å². The van der Waals surface area contributed by atoms with Gasteiger partial charge in [0.15, 0.2) is 0 Å². The highest BCUT2D eigenvalue weighted by Crippen LogP contribution is 2.14. The van der Waals surface area contributed by atoms with E-state index in [1.807, 2.05) is 24.3 Å². The summed E-state index contributed by atoms with van der Waals surface area (Å²) < 4.78 is 1.03. The highest BCUT2D eigenvalue weighted by atomic mass is 79.9. The van der Waals surface area contributed by atoms with Crippen LogP contribution in [0.4, 0.5) is 5.69 Å². The summed E-state index contributed by atoms with van der Waals surface area (Å²) in [6.07, 6.45) is 0. The predicted molar refractivity (Wildman–Crippen MR) is 69.3 cm³/mol. The molecule has 0 heterocycles. The first-order valence-electron chi connectivity index (χ1n) is 5.12. The van der Waals surface area contributed by atoms with Gasteiger partial charge in [-0.05, 0) is 25.1 Å². The molecule has 0 spiro atoms. The molecule has 1 rings (SSSR count). The molecule has 0 aliphatic carbocycles. The second-order valence-corrected chi connectivity index (χ2v) is 4.43. The van der Waals surface area contributed by atoms with Gasteiger partial charge in [0.05, 0.1) is 6.04 Å². The van der Waals surface area contributed by atoms with Crippen molar-refractivity contribution in [3.8, 4) is 0 Å². The van der Waals surface area contributed by atoms with Crippen LogP contribution in [0.5, 0.6) is 0 Å². The van der Waals surface area contributed by atoms with E-state index >= 15 is 0 Å². The standard InChI is InChI=1S/C11H16BrN3O/c1-8(13)11(16)15-6-5-14-10-4-2-3-9(12)7-10/h2-4,7-8,14H,5-6,13H2,1H3,(H,15,16)/t8-/m1/s1. The van der Waals surface area contributed by atoms with E-state index in [4.69, 9.17) is 5.73 Å². The predicted octanol–water partition coefficient (Wildman–Crippen LogP) is 1.32. The molecular weight excluding hydrogens is 270 g/mol. The number of nitrogens with two attached hydrogens (primary N) is 1. The zero-order valence-electron chi connectivity index (χ0n) is 9.16. The van der Waals surface area contributed by atoms with Gasteiger partial charge < -0.3 is 16.4 Å². The molecule has 0 aliphatic rings. The van der Waals surface area contributed by atoms with Gasteiger partial charge in [-0.3, -0.25) is 4.79 Å². The topological polar surface area (TPSA) is 67.2 Å². The zero-order chi connectivity index (χ0) is 12.0. The summed E-state index contributed by atoms with van der Waals surface area (Å²) in [5.74, 6) is -0.129. The summed E-state index contributed by atoms with van der Waals surface area (Å²) in [6, 6.07) is 7.41. The van der Waals surface area contributed by atoms with Crippen LogP contribution < -0.4 is 16.4 Å². The Labute approximate surface area is 104 Å². The maximum atomic E-state index is 11.1. The van der Waals surface area contributed by atoms with Crippen LogP contribution in [-0.2, 0) is 4.79 Å². The van der Waals surface area contributed by atoms with Gasteiger partial charge in [0.2, 0.25) is 5.91 Å². The third-order valence-electron chi connectivity index (χ3n) is 1.99. The number of amides is 1. The molecule has 0 unspecified atom stereocenters. The number of carbonyl (C=O) groups is 1. The van der Waals surface area contributed by atoms with Crippen LogP contribution in [0.15, 0.2) is 28.7 Å². The number of hydrogen-bond acceptors (Lipinski definition) is 3. The molecule has 1 atom stereocenters. The molecule has 4 N–H and O–H groups in total. The summed E-state index contributed by atoms with van der Waals surface area (Å²) in [7, 11) is 0. The van der Waals surface area contributed by atoms with Gasteiger partial charge in [-0.1, -0.05) is 22.0 Å². The number of benzene rings is 1. The lowest BCUT2D eigenvalue weighted by atomic mass is 10.3. The normalized spacial score (nSPS) is 11.9. The number of anilines is 1. The maximum Gasteiger partial charge on any atom is 0.236 e. The maximum absolute atomic E-state index is 11.1. The van der Waals surface area contributed by atoms with Gasteiger partial charge in [0, 0.05) is 23.2 Å². The van der Waals surface area contributed by atoms with Crippen LogP contribution in [0.25, 0.3) is 0 Å². The van der Waals surface area contributed by atoms with Crippen LogP contribution in [-0.4, -0.2) is 25.0 Å². The summed E-state index contributed by atoms with van der Waals surface area (Å²) in [5, 5.41) is 5.92. The second-order valence-electron chi connectivity index (χ2n) is 3.52. The quantitative estimate of drug-likeness (QED) is 0.715. The lowest BCUT2D eigenvalue weighted by Gasteiger charge is -2.09. The van der Waals surface area contributed by atoms with Gasteiger partial charge >= 0.3 is 0 Å². The molecule has 0 saturated carbocycles. The summed E-state index contributed by atoms with van der Waals surface area (Å²) in [6.45, 7) is 2.90. The molecule has 0 saturated heterocycles. The second kappa shape index (κ2) is 6.50. The number of hydrogen-bond donors (Lipinski definition) is 3. The van der Waals surface area contributed by atoms with E-state index in [1.54, 1.807) is 6.92 Å². The largest absolute Gasteiger partial charge is 0.383 e. The Morgan fingerprint density at radius 2 is 2.25 bits per heavy atom. The molecule has 1 aromatic carbocycles. The molecule has 5 heteroatoms. The summed E-state index contributed by atoms with van der Waals surface area (Å²) in [5.41, 5.74) is 6.43. The summed E-state index contributed by atoms with van der Waals surface area (Å²) in [4.78, 5) is 11.1. The first kappa shape index (κ1) is 13.0. The van der Waals surface area contributed by atoms with Gasteiger partial charge in [0.1, 0.15) is 0 Å². The van der Waals surface area contributed by atoms with Crippen LogP contribution in [0.3, 0.4) is 0 Å². The fourth-order valence-electron chi connectivity index (χ4n) is 1.15. The molecule has 16 heavy (non-hydrogen) atoms. The lowest BCUT2D eigenvalue weighted by Crippen LogP contribution is -2.40. The van der Waals surface area contributed by atoms with Crippen molar-refractivity contribution < 1.29 is 4.79 Å². The van der Waals surface area contributed by atoms with E-state index in [-0.39, 0.29) is 5.91 Å². The minimum absolute atomic E-state index is 0.129. The molecule has 4 nitrogen and oxygen atoms in total. The Morgan fingerprint density at radius 3 is 2.88 bits per heavy atom.